The highest BCUT2D eigenvalue weighted by molar-refractivity contribution is 6.32. The number of Topliss-reactive ketones (excluding diaryl/α,β-unsaturated/α-hetero) is 1. The number of rotatable bonds is 6. The number of pyridine rings is 1. The van der Waals surface area contributed by atoms with Gasteiger partial charge in [-0.05, 0) is 44.0 Å². The van der Waals surface area contributed by atoms with E-state index in [-0.39, 0.29) is 29.9 Å². The lowest BCUT2D eigenvalue weighted by molar-refractivity contribution is -0.145. The molecule has 0 amide bonds. The summed E-state index contributed by atoms with van der Waals surface area (Å²) in [5.41, 5.74) is 8.69. The van der Waals surface area contributed by atoms with Crippen molar-refractivity contribution in [3.8, 4) is 0 Å². The lowest BCUT2D eigenvalue weighted by atomic mass is 9.96. The quantitative estimate of drug-likeness (QED) is 0.625. The maximum Gasteiger partial charge on any atom is 0.156 e. The predicted molar refractivity (Wildman–Crippen MR) is 121 cm³/mol. The number of aromatic amines is 1. The molecular weight excluding hydrogens is 400 g/mol. The second-order valence-corrected chi connectivity index (χ2v) is 9.30. The summed E-state index contributed by atoms with van der Waals surface area (Å²) >= 11 is 6.41. The highest BCUT2D eigenvalue weighted by Gasteiger charge is 2.37. The minimum Gasteiger partial charge on any atom is -0.372 e. The molecule has 0 aliphatic carbocycles. The van der Waals surface area contributed by atoms with Crippen LogP contribution in [0.1, 0.15) is 32.8 Å². The minimum absolute atomic E-state index is 0.0354. The Balaban J connectivity index is 1.64. The fourth-order valence-corrected chi connectivity index (χ4v) is 4.55. The molecule has 6 nitrogen and oxygen atoms in total. The van der Waals surface area contributed by atoms with Crippen molar-refractivity contribution < 1.29 is 9.53 Å². The van der Waals surface area contributed by atoms with E-state index in [0.717, 1.165) is 33.8 Å². The smallest absolute Gasteiger partial charge is 0.156 e. The zero-order valence-corrected chi connectivity index (χ0v) is 18.5. The van der Waals surface area contributed by atoms with Gasteiger partial charge in [-0.15, -0.1) is 0 Å². The topological polar surface area (TPSA) is 84.2 Å². The number of benzene rings is 1. The zero-order chi connectivity index (χ0) is 21.5. The van der Waals surface area contributed by atoms with Crippen LogP contribution in [0.15, 0.2) is 30.6 Å². The first-order valence-electron chi connectivity index (χ1n) is 10.5. The van der Waals surface area contributed by atoms with Crippen LogP contribution in [-0.4, -0.2) is 58.0 Å². The van der Waals surface area contributed by atoms with E-state index in [1.807, 2.05) is 18.2 Å². The summed E-state index contributed by atoms with van der Waals surface area (Å²) in [7, 11) is 0. The Morgan fingerprint density at radius 1 is 1.43 bits per heavy atom. The molecule has 4 rings (SSSR count). The maximum absolute atomic E-state index is 13.4. The molecule has 3 N–H and O–H groups in total. The predicted octanol–water partition coefficient (Wildman–Crippen LogP) is 3.70. The van der Waals surface area contributed by atoms with Crippen LogP contribution in [0.5, 0.6) is 0 Å². The maximum atomic E-state index is 13.4. The number of nitrogens with one attached hydrogen (secondary N) is 1. The van der Waals surface area contributed by atoms with Crippen molar-refractivity contribution in [3.63, 3.8) is 0 Å². The summed E-state index contributed by atoms with van der Waals surface area (Å²) in [6.07, 6.45) is 4.71. The van der Waals surface area contributed by atoms with E-state index in [1.54, 1.807) is 12.4 Å². The molecule has 1 aliphatic heterocycles. The summed E-state index contributed by atoms with van der Waals surface area (Å²) in [5.74, 6) is 0.120. The third kappa shape index (κ3) is 4.23. The van der Waals surface area contributed by atoms with E-state index in [9.17, 15) is 4.79 Å². The van der Waals surface area contributed by atoms with Crippen LogP contribution in [0.25, 0.3) is 21.8 Å². The number of H-pyrrole nitrogens is 1. The van der Waals surface area contributed by atoms with Crippen LogP contribution in [0.2, 0.25) is 5.02 Å². The molecule has 2 aromatic heterocycles. The Morgan fingerprint density at radius 3 is 3.00 bits per heavy atom. The van der Waals surface area contributed by atoms with Gasteiger partial charge in [0.05, 0.1) is 35.5 Å². The Morgan fingerprint density at radius 2 is 2.23 bits per heavy atom. The van der Waals surface area contributed by atoms with Crippen molar-refractivity contribution >= 4 is 39.2 Å². The van der Waals surface area contributed by atoms with Gasteiger partial charge < -0.3 is 15.5 Å². The van der Waals surface area contributed by atoms with Gasteiger partial charge in [-0.1, -0.05) is 18.5 Å². The molecule has 7 heteroatoms. The Bertz CT molecular complexity index is 1080. The van der Waals surface area contributed by atoms with Crippen LogP contribution in [-0.2, 0) is 16.0 Å². The van der Waals surface area contributed by atoms with E-state index >= 15 is 0 Å². The van der Waals surface area contributed by atoms with Crippen molar-refractivity contribution in [2.45, 2.75) is 51.3 Å². The third-order valence-electron chi connectivity index (χ3n) is 5.94. The highest BCUT2D eigenvalue weighted by Crippen LogP contribution is 2.31. The monoisotopic (exact) mass is 428 g/mol. The Kier molecular flexibility index (Phi) is 5.86. The van der Waals surface area contributed by atoms with Crippen molar-refractivity contribution in [2.75, 3.05) is 19.7 Å². The molecule has 0 spiro atoms. The third-order valence-corrected chi connectivity index (χ3v) is 6.16. The number of halogens is 1. The van der Waals surface area contributed by atoms with E-state index < -0.39 is 0 Å². The van der Waals surface area contributed by atoms with Gasteiger partial charge in [0.15, 0.2) is 5.78 Å². The van der Waals surface area contributed by atoms with Gasteiger partial charge in [-0.25, -0.2) is 0 Å². The lowest BCUT2D eigenvalue weighted by Crippen LogP contribution is -2.59. The first-order valence-corrected chi connectivity index (χ1v) is 10.9. The summed E-state index contributed by atoms with van der Waals surface area (Å²) in [6, 6.07) is 5.49. The molecule has 0 saturated carbocycles. The van der Waals surface area contributed by atoms with Crippen LogP contribution >= 0.6 is 11.6 Å². The standard InChI is InChI=1S/C23H29ClN4O2/c1-4-16(25)11-28-13-23(2,3)30-12-20(28)21(29)8-14-7-15(24)9-18-17-5-6-26-10-19(17)27-22(14)18/h5-7,9-10,16,20,27H,4,8,11-13,25H2,1-3H3/t16-,20-/m0/s1. The first-order chi connectivity index (χ1) is 14.3. The summed E-state index contributed by atoms with van der Waals surface area (Å²) in [6.45, 7) is 7.92. The number of hydrogen-bond acceptors (Lipinski definition) is 5. The van der Waals surface area contributed by atoms with Gasteiger partial charge in [-0.2, -0.15) is 0 Å². The molecule has 1 aliphatic rings. The number of fused-ring (bicyclic) bond motifs is 3. The normalized spacial score (nSPS) is 20.6. The minimum atomic E-state index is -0.310. The molecule has 30 heavy (non-hydrogen) atoms. The van der Waals surface area contributed by atoms with Crippen LogP contribution in [0, 0.1) is 0 Å². The molecule has 1 saturated heterocycles. The average molecular weight is 429 g/mol. The fourth-order valence-electron chi connectivity index (χ4n) is 4.31. The molecule has 3 heterocycles. The largest absolute Gasteiger partial charge is 0.372 e. The zero-order valence-electron chi connectivity index (χ0n) is 17.7. The van der Waals surface area contributed by atoms with Gasteiger partial charge in [0.1, 0.15) is 0 Å². The van der Waals surface area contributed by atoms with E-state index in [4.69, 9.17) is 22.1 Å². The summed E-state index contributed by atoms with van der Waals surface area (Å²) in [4.78, 5) is 23.2. The second-order valence-electron chi connectivity index (χ2n) is 8.86. The van der Waals surface area contributed by atoms with Crippen molar-refractivity contribution in [1.82, 2.24) is 14.9 Å². The van der Waals surface area contributed by atoms with E-state index in [0.29, 0.717) is 24.7 Å². The second kappa shape index (κ2) is 8.27. The molecule has 2 atom stereocenters. The lowest BCUT2D eigenvalue weighted by Gasteiger charge is -2.43. The number of hydrogen-bond donors (Lipinski definition) is 2. The molecule has 0 bridgehead atoms. The fraction of sp³-hybridized carbons (Fsp3) is 0.478. The number of carbonyl (C=O) groups is 1. The average Bonchev–Trinajstić information content (AvgIpc) is 3.06. The van der Waals surface area contributed by atoms with Gasteiger partial charge in [0.2, 0.25) is 0 Å². The molecule has 3 aromatic rings. The van der Waals surface area contributed by atoms with Crippen LogP contribution in [0.3, 0.4) is 0 Å². The number of ketones is 1. The molecular formula is C23H29ClN4O2. The van der Waals surface area contributed by atoms with Gasteiger partial charge >= 0.3 is 0 Å². The molecule has 0 radical (unpaired) electrons. The van der Waals surface area contributed by atoms with Crippen LogP contribution in [0.4, 0.5) is 0 Å². The number of ether oxygens (including phenoxy) is 1. The summed E-state index contributed by atoms with van der Waals surface area (Å²) < 4.78 is 6.00. The number of nitrogens with zero attached hydrogens (tertiary/aromatic N) is 2. The van der Waals surface area contributed by atoms with Crippen LogP contribution < -0.4 is 5.73 Å². The number of aromatic nitrogens is 2. The van der Waals surface area contributed by atoms with Gasteiger partial charge in [0, 0.05) is 47.5 Å². The highest BCUT2D eigenvalue weighted by atomic mass is 35.5. The van der Waals surface area contributed by atoms with Crippen molar-refractivity contribution in [3.05, 3.63) is 41.2 Å². The molecule has 0 unspecified atom stereocenters. The molecule has 1 fully saturated rings. The summed E-state index contributed by atoms with van der Waals surface area (Å²) in [5, 5.41) is 2.68. The van der Waals surface area contributed by atoms with Gasteiger partial charge in [-0.3, -0.25) is 14.7 Å². The number of morpholine rings is 1. The van der Waals surface area contributed by atoms with Crippen molar-refractivity contribution in [1.29, 1.82) is 0 Å². The Labute approximate surface area is 181 Å². The Hall–Kier alpha value is -1.99. The SMILES string of the molecule is CC[C@H](N)CN1CC(C)(C)OC[C@H]1C(=O)Cc1cc(Cl)cc2c1[nH]c1cnccc12. The van der Waals surface area contributed by atoms with Crippen molar-refractivity contribution in [2.24, 2.45) is 5.73 Å². The molecule has 160 valence electrons. The number of carbonyl (C=O) groups excluding carboxylic acids is 1. The van der Waals surface area contributed by atoms with Gasteiger partial charge in [0.25, 0.3) is 0 Å². The van der Waals surface area contributed by atoms with E-state index in [2.05, 4.69) is 35.6 Å². The van der Waals surface area contributed by atoms with E-state index in [1.165, 1.54) is 0 Å². The molecule has 1 aromatic carbocycles. The first kappa shape index (κ1) is 21.2. The number of nitrogens with two attached hydrogens (primary N) is 1.